The van der Waals surface area contributed by atoms with Crippen LogP contribution in [0.2, 0.25) is 10.0 Å². The molecule has 1 fully saturated rings. The second-order valence-electron chi connectivity index (χ2n) is 8.23. The zero-order valence-corrected chi connectivity index (χ0v) is 20.2. The lowest BCUT2D eigenvalue weighted by Gasteiger charge is -2.29. The second kappa shape index (κ2) is 9.68. The van der Waals surface area contributed by atoms with E-state index < -0.39 is 0 Å². The smallest absolute Gasteiger partial charge is 0.267 e. The highest BCUT2D eigenvalue weighted by Crippen LogP contribution is 2.44. The van der Waals surface area contributed by atoms with E-state index in [0.29, 0.717) is 10.0 Å². The van der Waals surface area contributed by atoms with Gasteiger partial charge in [0.25, 0.3) is 5.91 Å². The van der Waals surface area contributed by atoms with Gasteiger partial charge in [-0.1, -0.05) is 53.5 Å². The zero-order chi connectivity index (χ0) is 22.8. The fraction of sp³-hybridized carbons (Fsp3) is 0.185. The summed E-state index contributed by atoms with van der Waals surface area (Å²) in [5.74, 6) is 0.0358. The molecule has 0 bridgehead atoms. The van der Waals surface area contributed by atoms with E-state index in [9.17, 15) is 4.79 Å². The third kappa shape index (κ3) is 4.84. The maximum absolute atomic E-state index is 13.3. The normalized spacial score (nSPS) is 21.5. The van der Waals surface area contributed by atoms with Crippen LogP contribution in [0.3, 0.4) is 0 Å². The Kier molecular flexibility index (Phi) is 6.50. The molecule has 33 heavy (non-hydrogen) atoms. The number of halogens is 2. The molecule has 5 rings (SSSR count). The first-order valence-electron chi connectivity index (χ1n) is 10.9. The molecule has 1 aliphatic carbocycles. The summed E-state index contributed by atoms with van der Waals surface area (Å²) >= 11 is 13.8. The number of hydrogen-bond acceptors (Lipinski definition) is 3. The Morgan fingerprint density at radius 2 is 1.76 bits per heavy atom. The molecule has 3 nitrogen and oxygen atoms in total. The zero-order valence-electron chi connectivity index (χ0n) is 17.8. The molecule has 3 aromatic rings. The van der Waals surface area contributed by atoms with E-state index in [1.165, 1.54) is 5.57 Å². The number of carbonyl (C=O) groups excluding carboxylic acids is 1. The minimum atomic E-state index is -0.147. The monoisotopic (exact) mass is 492 g/mol. The average molecular weight is 493 g/mol. The molecule has 1 amide bonds. The van der Waals surface area contributed by atoms with Crippen LogP contribution in [-0.4, -0.2) is 16.6 Å². The Morgan fingerprint density at radius 3 is 2.45 bits per heavy atom. The van der Waals surface area contributed by atoms with Gasteiger partial charge in [0.05, 0.1) is 11.8 Å². The van der Waals surface area contributed by atoms with Crippen molar-refractivity contribution in [3.05, 3.63) is 104 Å². The van der Waals surface area contributed by atoms with Gasteiger partial charge in [-0.05, 0) is 83.8 Å². The van der Waals surface area contributed by atoms with E-state index in [0.717, 1.165) is 41.0 Å². The number of rotatable bonds is 4. The first kappa shape index (κ1) is 22.1. The fourth-order valence-electron chi connectivity index (χ4n) is 4.55. The number of thiophene rings is 1. The Labute approximate surface area is 207 Å². The summed E-state index contributed by atoms with van der Waals surface area (Å²) in [5.41, 5.74) is 4.33. The molecular weight excluding hydrogens is 471 g/mol. The largest absolute Gasteiger partial charge is 0.268 e. The van der Waals surface area contributed by atoms with Gasteiger partial charge in [-0.2, -0.15) is 5.10 Å². The van der Waals surface area contributed by atoms with Crippen LogP contribution in [0.25, 0.3) is 12.2 Å². The predicted molar refractivity (Wildman–Crippen MR) is 139 cm³/mol. The highest BCUT2D eigenvalue weighted by atomic mass is 35.5. The Balaban J connectivity index is 1.52. The predicted octanol–water partition coefficient (Wildman–Crippen LogP) is 7.89. The van der Waals surface area contributed by atoms with Crippen LogP contribution in [0.4, 0.5) is 0 Å². The van der Waals surface area contributed by atoms with Crippen LogP contribution < -0.4 is 0 Å². The van der Waals surface area contributed by atoms with Crippen LogP contribution in [0.1, 0.15) is 41.3 Å². The first-order valence-corrected chi connectivity index (χ1v) is 12.6. The SMILES string of the molecule is O=C(/C=C/c1cccs1)N1N=C2/C(=C\c3ccc(Cl)cc3)CCC[C@H]2[C@H]1c1ccc(Cl)cc1. The minimum absolute atomic E-state index is 0.115. The lowest BCUT2D eigenvalue weighted by Crippen LogP contribution is -2.30. The third-order valence-electron chi connectivity index (χ3n) is 6.08. The number of hydrogen-bond donors (Lipinski definition) is 0. The quantitative estimate of drug-likeness (QED) is 0.340. The van der Waals surface area contributed by atoms with Gasteiger partial charge in [0.1, 0.15) is 0 Å². The van der Waals surface area contributed by atoms with Crippen molar-refractivity contribution in [2.45, 2.75) is 25.3 Å². The summed E-state index contributed by atoms with van der Waals surface area (Å²) in [6, 6.07) is 19.4. The third-order valence-corrected chi connectivity index (χ3v) is 7.42. The van der Waals surface area contributed by atoms with Crippen molar-refractivity contribution in [3.8, 4) is 0 Å². The number of hydrazone groups is 1. The molecule has 166 valence electrons. The molecule has 0 radical (unpaired) electrons. The molecular formula is C27H22Cl2N2OS. The number of carbonyl (C=O) groups is 1. The molecule has 1 aromatic heterocycles. The molecule has 1 saturated carbocycles. The average Bonchev–Trinajstić information content (AvgIpc) is 3.48. The van der Waals surface area contributed by atoms with Crippen LogP contribution >= 0.6 is 34.5 Å². The van der Waals surface area contributed by atoms with E-state index in [1.807, 2.05) is 72.1 Å². The first-order chi connectivity index (χ1) is 16.1. The van der Waals surface area contributed by atoms with Gasteiger partial charge in [-0.3, -0.25) is 4.79 Å². The maximum Gasteiger partial charge on any atom is 0.267 e. The van der Waals surface area contributed by atoms with E-state index in [4.69, 9.17) is 28.3 Å². The van der Waals surface area contributed by atoms with Crippen LogP contribution in [0.15, 0.2) is 82.8 Å². The van der Waals surface area contributed by atoms with Gasteiger partial charge in [-0.15, -0.1) is 11.3 Å². The van der Waals surface area contributed by atoms with Gasteiger partial charge in [0.2, 0.25) is 0 Å². The summed E-state index contributed by atoms with van der Waals surface area (Å²) in [6.45, 7) is 0. The van der Waals surface area contributed by atoms with Crippen molar-refractivity contribution < 1.29 is 4.79 Å². The van der Waals surface area contributed by atoms with Crippen molar-refractivity contribution in [3.63, 3.8) is 0 Å². The molecule has 0 unspecified atom stereocenters. The van der Waals surface area contributed by atoms with Gasteiger partial charge < -0.3 is 0 Å². The van der Waals surface area contributed by atoms with Crippen LogP contribution in [0, 0.1) is 5.92 Å². The lowest BCUT2D eigenvalue weighted by molar-refractivity contribution is -0.128. The van der Waals surface area contributed by atoms with Crippen molar-refractivity contribution in [1.82, 2.24) is 5.01 Å². The molecule has 2 atom stereocenters. The van der Waals surface area contributed by atoms with Crippen molar-refractivity contribution in [2.24, 2.45) is 11.0 Å². The summed E-state index contributed by atoms with van der Waals surface area (Å²) in [5, 5.41) is 9.97. The van der Waals surface area contributed by atoms with E-state index >= 15 is 0 Å². The van der Waals surface area contributed by atoms with E-state index in [1.54, 1.807) is 22.4 Å². The lowest BCUT2D eigenvalue weighted by atomic mass is 9.77. The molecule has 6 heteroatoms. The number of amides is 1. The van der Waals surface area contributed by atoms with Crippen molar-refractivity contribution >= 4 is 58.3 Å². The number of allylic oxidation sites excluding steroid dienone is 1. The number of benzene rings is 2. The Bertz CT molecular complexity index is 1230. The molecule has 0 saturated heterocycles. The topological polar surface area (TPSA) is 32.7 Å². The van der Waals surface area contributed by atoms with Crippen LogP contribution in [0.5, 0.6) is 0 Å². The van der Waals surface area contributed by atoms with Gasteiger partial charge in [0, 0.05) is 26.9 Å². The second-order valence-corrected chi connectivity index (χ2v) is 10.1. The molecule has 2 aliphatic rings. The summed E-state index contributed by atoms with van der Waals surface area (Å²) in [6.07, 6.45) is 8.65. The highest BCUT2D eigenvalue weighted by Gasteiger charge is 2.43. The van der Waals surface area contributed by atoms with Crippen molar-refractivity contribution in [2.75, 3.05) is 0 Å². The fourth-order valence-corrected chi connectivity index (χ4v) is 5.42. The molecule has 0 N–H and O–H groups in total. The molecule has 1 aliphatic heterocycles. The standard InChI is InChI=1S/C27H22Cl2N2OS/c28-21-10-6-18(7-11-21)17-20-3-1-5-24-26(20)30-31(25(32)15-14-23-4-2-16-33-23)27(24)19-8-12-22(29)13-9-19/h2,4,6-17,24,27H,1,3,5H2/b15-14+,20-17-/t24-,27-/m1/s1. The molecule has 0 spiro atoms. The summed E-state index contributed by atoms with van der Waals surface area (Å²) < 4.78 is 0. The molecule has 2 heterocycles. The number of fused-ring (bicyclic) bond motifs is 1. The Morgan fingerprint density at radius 1 is 1.03 bits per heavy atom. The number of nitrogens with zero attached hydrogens (tertiary/aromatic N) is 2. The molecule has 2 aromatic carbocycles. The van der Waals surface area contributed by atoms with Crippen LogP contribution in [-0.2, 0) is 4.79 Å². The van der Waals surface area contributed by atoms with Gasteiger partial charge >= 0.3 is 0 Å². The maximum atomic E-state index is 13.3. The van der Waals surface area contributed by atoms with E-state index in [2.05, 4.69) is 6.08 Å². The minimum Gasteiger partial charge on any atom is -0.268 e. The van der Waals surface area contributed by atoms with Gasteiger partial charge in [0.15, 0.2) is 0 Å². The van der Waals surface area contributed by atoms with E-state index in [-0.39, 0.29) is 17.9 Å². The summed E-state index contributed by atoms with van der Waals surface area (Å²) in [4.78, 5) is 14.4. The Hall–Kier alpha value is -2.66. The summed E-state index contributed by atoms with van der Waals surface area (Å²) in [7, 11) is 0. The van der Waals surface area contributed by atoms with Gasteiger partial charge in [-0.25, -0.2) is 5.01 Å². The van der Waals surface area contributed by atoms with Crippen molar-refractivity contribution in [1.29, 1.82) is 0 Å². The highest BCUT2D eigenvalue weighted by molar-refractivity contribution is 7.10.